The van der Waals surface area contributed by atoms with E-state index in [0.717, 1.165) is 6.07 Å². The molecule has 0 heterocycles. The molecule has 18 heavy (non-hydrogen) atoms. The van der Waals surface area contributed by atoms with Crippen molar-refractivity contribution in [2.75, 3.05) is 0 Å². The van der Waals surface area contributed by atoms with Gasteiger partial charge in [-0.3, -0.25) is 0 Å². The van der Waals surface area contributed by atoms with Crippen molar-refractivity contribution in [1.82, 2.24) is 4.72 Å². The van der Waals surface area contributed by atoms with Crippen molar-refractivity contribution in [2.45, 2.75) is 24.3 Å². The third kappa shape index (κ3) is 3.68. The third-order valence-corrected chi connectivity index (χ3v) is 3.86. The SMILES string of the molecule is C=CCC(C)NS(=O)(=O)c1cccc(C(=O)O)c1. The van der Waals surface area contributed by atoms with Gasteiger partial charge in [0.2, 0.25) is 10.0 Å². The molecule has 0 saturated heterocycles. The molecule has 1 atom stereocenters. The second-order valence-corrected chi connectivity index (χ2v) is 5.59. The number of hydrogen-bond acceptors (Lipinski definition) is 3. The summed E-state index contributed by atoms with van der Waals surface area (Å²) in [5.41, 5.74) is -0.0609. The Labute approximate surface area is 106 Å². The second kappa shape index (κ2) is 5.79. The lowest BCUT2D eigenvalue weighted by Crippen LogP contribution is -2.32. The second-order valence-electron chi connectivity index (χ2n) is 3.88. The van der Waals surface area contributed by atoms with Gasteiger partial charge >= 0.3 is 5.97 Å². The molecule has 0 radical (unpaired) electrons. The van der Waals surface area contributed by atoms with Gasteiger partial charge in [-0.1, -0.05) is 12.1 Å². The summed E-state index contributed by atoms with van der Waals surface area (Å²) >= 11 is 0. The number of benzene rings is 1. The average molecular weight is 269 g/mol. The lowest BCUT2D eigenvalue weighted by Gasteiger charge is -2.12. The molecule has 1 rings (SSSR count). The van der Waals surface area contributed by atoms with Crippen LogP contribution in [0.3, 0.4) is 0 Å². The monoisotopic (exact) mass is 269 g/mol. The van der Waals surface area contributed by atoms with Gasteiger partial charge in [0.15, 0.2) is 0 Å². The van der Waals surface area contributed by atoms with Crippen molar-refractivity contribution >= 4 is 16.0 Å². The van der Waals surface area contributed by atoms with Gasteiger partial charge in [-0.15, -0.1) is 6.58 Å². The zero-order valence-electron chi connectivity index (χ0n) is 9.96. The maximum atomic E-state index is 12.0. The van der Waals surface area contributed by atoms with Crippen molar-refractivity contribution in [1.29, 1.82) is 0 Å². The number of sulfonamides is 1. The number of aromatic carboxylic acids is 1. The van der Waals surface area contributed by atoms with E-state index in [1.165, 1.54) is 18.2 Å². The van der Waals surface area contributed by atoms with Gasteiger partial charge in [-0.2, -0.15) is 0 Å². The molecule has 1 aromatic carbocycles. The number of carboxylic acid groups (broad SMARTS) is 1. The molecule has 1 aromatic rings. The van der Waals surface area contributed by atoms with Crippen molar-refractivity contribution in [3.63, 3.8) is 0 Å². The quantitative estimate of drug-likeness (QED) is 0.769. The molecular weight excluding hydrogens is 254 g/mol. The fourth-order valence-corrected chi connectivity index (χ4v) is 2.73. The minimum absolute atomic E-state index is 0.0571. The normalized spacial score (nSPS) is 12.9. The standard InChI is InChI=1S/C12H15NO4S/c1-3-5-9(2)13-18(16,17)11-7-4-6-10(8-11)12(14)15/h3-4,6-9,13H,1,5H2,2H3,(H,14,15). The minimum Gasteiger partial charge on any atom is -0.478 e. The van der Waals surface area contributed by atoms with Crippen LogP contribution in [0.25, 0.3) is 0 Å². The zero-order chi connectivity index (χ0) is 13.8. The van der Waals surface area contributed by atoms with E-state index in [-0.39, 0.29) is 16.5 Å². The van der Waals surface area contributed by atoms with Crippen LogP contribution < -0.4 is 4.72 Å². The smallest absolute Gasteiger partial charge is 0.335 e. The summed E-state index contributed by atoms with van der Waals surface area (Å²) in [4.78, 5) is 10.7. The molecule has 0 fully saturated rings. The van der Waals surface area contributed by atoms with Gasteiger partial charge in [-0.05, 0) is 31.5 Å². The molecule has 0 aliphatic rings. The minimum atomic E-state index is -3.70. The summed E-state index contributed by atoms with van der Waals surface area (Å²) in [5.74, 6) is -1.16. The van der Waals surface area contributed by atoms with Crippen molar-refractivity contribution < 1.29 is 18.3 Å². The number of carboxylic acids is 1. The van der Waals surface area contributed by atoms with Crippen LogP contribution in [0.1, 0.15) is 23.7 Å². The van der Waals surface area contributed by atoms with Crippen molar-refractivity contribution in [3.05, 3.63) is 42.5 Å². The Hall–Kier alpha value is -1.66. The molecule has 2 N–H and O–H groups in total. The van der Waals surface area contributed by atoms with Crippen molar-refractivity contribution in [3.8, 4) is 0 Å². The summed E-state index contributed by atoms with van der Waals surface area (Å²) in [6.07, 6.45) is 2.11. The first-order chi connectivity index (χ1) is 8.36. The molecule has 0 saturated carbocycles. The predicted molar refractivity (Wildman–Crippen MR) is 68.0 cm³/mol. The van der Waals surface area contributed by atoms with Gasteiger partial charge in [-0.25, -0.2) is 17.9 Å². The van der Waals surface area contributed by atoms with Crippen LogP contribution in [-0.2, 0) is 10.0 Å². The molecule has 0 aromatic heterocycles. The van der Waals surface area contributed by atoms with Gasteiger partial charge < -0.3 is 5.11 Å². The molecule has 6 heteroatoms. The van der Waals surface area contributed by atoms with Crippen LogP contribution in [0.5, 0.6) is 0 Å². The van der Waals surface area contributed by atoms with Gasteiger partial charge in [0, 0.05) is 6.04 Å². The highest BCUT2D eigenvalue weighted by Gasteiger charge is 2.18. The van der Waals surface area contributed by atoms with Crippen LogP contribution in [0.4, 0.5) is 0 Å². The number of rotatable bonds is 6. The molecule has 98 valence electrons. The highest BCUT2D eigenvalue weighted by molar-refractivity contribution is 7.89. The van der Waals surface area contributed by atoms with E-state index in [1.54, 1.807) is 13.0 Å². The highest BCUT2D eigenvalue weighted by atomic mass is 32.2. The van der Waals surface area contributed by atoms with Crippen LogP contribution in [0.2, 0.25) is 0 Å². The number of carbonyl (C=O) groups is 1. The molecular formula is C12H15NO4S. The number of nitrogens with one attached hydrogen (secondary N) is 1. The van der Waals surface area contributed by atoms with E-state index in [0.29, 0.717) is 6.42 Å². The number of hydrogen-bond donors (Lipinski definition) is 2. The summed E-state index contributed by atoms with van der Waals surface area (Å²) in [7, 11) is -3.70. The molecule has 0 amide bonds. The lowest BCUT2D eigenvalue weighted by molar-refractivity contribution is 0.0696. The summed E-state index contributed by atoms with van der Waals surface area (Å²) in [6, 6.07) is 4.94. The van der Waals surface area contributed by atoms with Crippen LogP contribution >= 0.6 is 0 Å². The Balaban J connectivity index is 3.01. The first-order valence-corrected chi connectivity index (χ1v) is 6.81. The molecule has 1 unspecified atom stereocenters. The fraction of sp³-hybridized carbons (Fsp3) is 0.250. The lowest BCUT2D eigenvalue weighted by atomic mass is 10.2. The van der Waals surface area contributed by atoms with Gasteiger partial charge in [0.1, 0.15) is 0 Å². The van der Waals surface area contributed by atoms with E-state index in [2.05, 4.69) is 11.3 Å². The third-order valence-electron chi connectivity index (χ3n) is 2.27. The van der Waals surface area contributed by atoms with Crippen molar-refractivity contribution in [2.24, 2.45) is 0 Å². The van der Waals surface area contributed by atoms with Gasteiger partial charge in [0.05, 0.1) is 10.5 Å². The Morgan fingerprint density at radius 2 is 2.22 bits per heavy atom. The van der Waals surface area contributed by atoms with Crippen LogP contribution in [0, 0.1) is 0 Å². The van der Waals surface area contributed by atoms with E-state index in [1.807, 2.05) is 0 Å². The Morgan fingerprint density at radius 1 is 1.56 bits per heavy atom. The zero-order valence-corrected chi connectivity index (χ0v) is 10.8. The summed E-state index contributed by atoms with van der Waals surface area (Å²) in [5, 5.41) is 8.81. The Bertz CT molecular complexity index is 551. The molecule has 5 nitrogen and oxygen atoms in total. The molecule has 0 spiro atoms. The molecule has 0 aliphatic heterocycles. The summed E-state index contributed by atoms with van der Waals surface area (Å²) in [6.45, 7) is 5.24. The highest BCUT2D eigenvalue weighted by Crippen LogP contribution is 2.12. The first-order valence-electron chi connectivity index (χ1n) is 5.33. The Morgan fingerprint density at radius 3 is 2.78 bits per heavy atom. The van der Waals surface area contributed by atoms with Gasteiger partial charge in [0.25, 0.3) is 0 Å². The van der Waals surface area contributed by atoms with E-state index in [4.69, 9.17) is 5.11 Å². The maximum Gasteiger partial charge on any atom is 0.335 e. The molecule has 0 aliphatic carbocycles. The average Bonchev–Trinajstić information content (AvgIpc) is 2.28. The van der Waals surface area contributed by atoms with E-state index < -0.39 is 16.0 Å². The van der Waals surface area contributed by atoms with E-state index in [9.17, 15) is 13.2 Å². The fourth-order valence-electron chi connectivity index (χ4n) is 1.43. The largest absolute Gasteiger partial charge is 0.478 e. The topological polar surface area (TPSA) is 83.5 Å². The maximum absolute atomic E-state index is 12.0. The predicted octanol–water partition coefficient (Wildman–Crippen LogP) is 1.63. The van der Waals surface area contributed by atoms with Crippen LogP contribution in [0.15, 0.2) is 41.8 Å². The molecule has 0 bridgehead atoms. The van der Waals surface area contributed by atoms with E-state index >= 15 is 0 Å². The Kier molecular flexibility index (Phi) is 4.63. The first kappa shape index (κ1) is 14.4. The summed E-state index contributed by atoms with van der Waals surface area (Å²) < 4.78 is 26.4. The van der Waals surface area contributed by atoms with Crippen LogP contribution in [-0.4, -0.2) is 25.5 Å².